The first kappa shape index (κ1) is 19.6. The Bertz CT molecular complexity index is 678. The first-order valence-corrected chi connectivity index (χ1v) is 9.81. The molecule has 0 N–H and O–H groups in total. The average Bonchev–Trinajstić information content (AvgIpc) is 2.66. The van der Waals surface area contributed by atoms with Crippen LogP contribution in [0.25, 0.3) is 0 Å². The van der Waals surface area contributed by atoms with Gasteiger partial charge in [-0.3, -0.25) is 14.8 Å². The molecule has 2 aromatic rings. The van der Waals surface area contributed by atoms with Gasteiger partial charge >= 0.3 is 0 Å². The van der Waals surface area contributed by atoms with E-state index in [0.717, 1.165) is 58.9 Å². The van der Waals surface area contributed by atoms with Crippen LogP contribution in [0.4, 0.5) is 0 Å². The van der Waals surface area contributed by atoms with Crippen molar-refractivity contribution in [3.8, 4) is 0 Å². The molecule has 1 fully saturated rings. The number of rotatable bonds is 8. The Morgan fingerprint density at radius 2 is 1.85 bits per heavy atom. The highest BCUT2D eigenvalue weighted by atomic mass is 35.5. The number of ether oxygens (including phenoxy) is 1. The Balaban J connectivity index is 1.59. The van der Waals surface area contributed by atoms with Crippen LogP contribution in [0, 0.1) is 0 Å². The van der Waals surface area contributed by atoms with Crippen molar-refractivity contribution in [1.29, 1.82) is 0 Å². The first-order chi connectivity index (χ1) is 12.7. The summed E-state index contributed by atoms with van der Waals surface area (Å²) < 4.78 is 5.42. The number of nitrogens with zero attached hydrogens (tertiary/aromatic N) is 3. The van der Waals surface area contributed by atoms with Crippen LogP contribution in [-0.4, -0.2) is 54.2 Å². The SMILES string of the molecule is Clc1ccc(CN(CCCN2CCOCC2)Cc2cccnc2)cc1Cl. The molecule has 1 aromatic carbocycles. The van der Waals surface area contributed by atoms with Gasteiger partial charge in [-0.2, -0.15) is 0 Å². The van der Waals surface area contributed by atoms with E-state index in [-0.39, 0.29) is 0 Å². The molecule has 0 saturated carbocycles. The molecule has 140 valence electrons. The Morgan fingerprint density at radius 1 is 1.04 bits per heavy atom. The van der Waals surface area contributed by atoms with E-state index in [1.165, 1.54) is 11.1 Å². The van der Waals surface area contributed by atoms with E-state index in [0.29, 0.717) is 10.0 Å². The van der Waals surface area contributed by atoms with Crippen LogP contribution < -0.4 is 0 Å². The topological polar surface area (TPSA) is 28.6 Å². The van der Waals surface area contributed by atoms with E-state index in [1.807, 2.05) is 36.7 Å². The molecule has 0 atom stereocenters. The van der Waals surface area contributed by atoms with Crippen LogP contribution in [0.1, 0.15) is 17.5 Å². The van der Waals surface area contributed by atoms with Crippen LogP contribution in [0.2, 0.25) is 10.0 Å². The van der Waals surface area contributed by atoms with Gasteiger partial charge < -0.3 is 4.74 Å². The highest BCUT2D eigenvalue weighted by Gasteiger charge is 2.12. The Morgan fingerprint density at radius 3 is 2.58 bits per heavy atom. The highest BCUT2D eigenvalue weighted by Crippen LogP contribution is 2.23. The maximum Gasteiger partial charge on any atom is 0.0595 e. The monoisotopic (exact) mass is 393 g/mol. The van der Waals surface area contributed by atoms with Gasteiger partial charge in [0.2, 0.25) is 0 Å². The summed E-state index contributed by atoms with van der Waals surface area (Å²) in [5.74, 6) is 0. The molecule has 1 aromatic heterocycles. The Kier molecular flexibility index (Phi) is 7.71. The van der Waals surface area contributed by atoms with Crippen LogP contribution in [0.3, 0.4) is 0 Å². The first-order valence-electron chi connectivity index (χ1n) is 9.06. The van der Waals surface area contributed by atoms with Crippen molar-refractivity contribution in [3.05, 3.63) is 63.9 Å². The number of hydrogen-bond acceptors (Lipinski definition) is 4. The van der Waals surface area contributed by atoms with E-state index in [2.05, 4.69) is 20.9 Å². The summed E-state index contributed by atoms with van der Waals surface area (Å²) in [6.45, 7) is 7.61. The molecular weight excluding hydrogens is 369 g/mol. The number of aromatic nitrogens is 1. The quantitative estimate of drug-likeness (QED) is 0.674. The zero-order chi connectivity index (χ0) is 18.2. The molecule has 1 aliphatic heterocycles. The normalized spacial score (nSPS) is 15.5. The highest BCUT2D eigenvalue weighted by molar-refractivity contribution is 6.42. The van der Waals surface area contributed by atoms with Gasteiger partial charge in [-0.1, -0.05) is 35.3 Å². The molecule has 0 aliphatic carbocycles. The van der Waals surface area contributed by atoms with Gasteiger partial charge in [0.25, 0.3) is 0 Å². The molecule has 0 unspecified atom stereocenters. The fraction of sp³-hybridized carbons (Fsp3) is 0.450. The zero-order valence-corrected chi connectivity index (χ0v) is 16.4. The van der Waals surface area contributed by atoms with E-state index in [1.54, 1.807) is 0 Å². The third-order valence-corrected chi connectivity index (χ3v) is 5.31. The van der Waals surface area contributed by atoms with Gasteiger partial charge in [-0.05, 0) is 42.3 Å². The van der Waals surface area contributed by atoms with Crippen molar-refractivity contribution in [2.75, 3.05) is 39.4 Å². The maximum absolute atomic E-state index is 6.18. The Hall–Kier alpha value is -1.17. The summed E-state index contributed by atoms with van der Waals surface area (Å²) in [6, 6.07) is 9.99. The molecule has 1 saturated heterocycles. The number of benzene rings is 1. The summed E-state index contributed by atoms with van der Waals surface area (Å²) in [5, 5.41) is 1.21. The summed E-state index contributed by atoms with van der Waals surface area (Å²) in [6.07, 6.45) is 4.87. The summed E-state index contributed by atoms with van der Waals surface area (Å²) in [4.78, 5) is 9.16. The average molecular weight is 394 g/mol. The molecule has 26 heavy (non-hydrogen) atoms. The van der Waals surface area contributed by atoms with Gasteiger partial charge in [0.05, 0.1) is 23.3 Å². The van der Waals surface area contributed by atoms with Crippen molar-refractivity contribution < 1.29 is 4.74 Å². The predicted molar refractivity (Wildman–Crippen MR) is 107 cm³/mol. The van der Waals surface area contributed by atoms with Gasteiger partial charge in [0, 0.05) is 45.1 Å². The van der Waals surface area contributed by atoms with E-state index < -0.39 is 0 Å². The smallest absolute Gasteiger partial charge is 0.0595 e. The van der Waals surface area contributed by atoms with Crippen molar-refractivity contribution in [2.45, 2.75) is 19.5 Å². The second-order valence-electron chi connectivity index (χ2n) is 6.63. The lowest BCUT2D eigenvalue weighted by molar-refractivity contribution is 0.0359. The maximum atomic E-state index is 6.18. The van der Waals surface area contributed by atoms with Gasteiger partial charge in [-0.25, -0.2) is 0 Å². The zero-order valence-electron chi connectivity index (χ0n) is 14.9. The van der Waals surface area contributed by atoms with E-state index in [4.69, 9.17) is 27.9 Å². The molecular formula is C20H25Cl2N3O. The predicted octanol–water partition coefficient (Wildman–Crippen LogP) is 4.11. The second-order valence-corrected chi connectivity index (χ2v) is 7.44. The largest absolute Gasteiger partial charge is 0.379 e. The second kappa shape index (κ2) is 10.2. The van der Waals surface area contributed by atoms with E-state index >= 15 is 0 Å². The summed E-state index contributed by atoms with van der Waals surface area (Å²) >= 11 is 12.2. The van der Waals surface area contributed by atoms with E-state index in [9.17, 15) is 0 Å². The summed E-state index contributed by atoms with van der Waals surface area (Å²) in [5.41, 5.74) is 2.40. The molecule has 0 bridgehead atoms. The van der Waals surface area contributed by atoms with Crippen molar-refractivity contribution in [3.63, 3.8) is 0 Å². The summed E-state index contributed by atoms with van der Waals surface area (Å²) in [7, 11) is 0. The van der Waals surface area contributed by atoms with Crippen molar-refractivity contribution >= 4 is 23.2 Å². The minimum atomic E-state index is 0.599. The van der Waals surface area contributed by atoms with Crippen LogP contribution in [-0.2, 0) is 17.8 Å². The third kappa shape index (κ3) is 6.22. The fourth-order valence-corrected chi connectivity index (χ4v) is 3.52. The van der Waals surface area contributed by atoms with Gasteiger partial charge in [-0.15, -0.1) is 0 Å². The fourth-order valence-electron chi connectivity index (χ4n) is 3.20. The number of hydrogen-bond donors (Lipinski definition) is 0. The standard InChI is InChI=1S/C20H25Cl2N3O/c21-19-5-4-17(13-20(19)22)15-25(16-18-3-1-6-23-14-18)8-2-7-24-9-11-26-12-10-24/h1,3-6,13-14H,2,7-12,15-16H2. The molecule has 1 aliphatic rings. The lowest BCUT2D eigenvalue weighted by atomic mass is 10.2. The molecule has 6 heteroatoms. The molecule has 0 radical (unpaired) electrons. The van der Waals surface area contributed by atoms with Gasteiger partial charge in [0.1, 0.15) is 0 Å². The molecule has 2 heterocycles. The van der Waals surface area contributed by atoms with Crippen molar-refractivity contribution in [2.24, 2.45) is 0 Å². The Labute approximate surface area is 165 Å². The number of morpholine rings is 1. The number of pyridine rings is 1. The van der Waals surface area contributed by atoms with Crippen LogP contribution in [0.15, 0.2) is 42.7 Å². The molecule has 0 spiro atoms. The third-order valence-electron chi connectivity index (χ3n) is 4.57. The van der Waals surface area contributed by atoms with Crippen LogP contribution in [0.5, 0.6) is 0 Å². The van der Waals surface area contributed by atoms with Crippen molar-refractivity contribution in [1.82, 2.24) is 14.8 Å². The molecule has 4 nitrogen and oxygen atoms in total. The number of halogens is 2. The van der Waals surface area contributed by atoms with Crippen LogP contribution >= 0.6 is 23.2 Å². The lowest BCUT2D eigenvalue weighted by Crippen LogP contribution is -2.38. The molecule has 0 amide bonds. The molecule has 3 rings (SSSR count). The van der Waals surface area contributed by atoms with Gasteiger partial charge in [0.15, 0.2) is 0 Å². The lowest BCUT2D eigenvalue weighted by Gasteiger charge is -2.28. The minimum Gasteiger partial charge on any atom is -0.379 e. The minimum absolute atomic E-state index is 0.599.